The van der Waals surface area contributed by atoms with Crippen LogP contribution in [0.1, 0.15) is 26.3 Å². The second kappa shape index (κ2) is 5.94. The minimum Gasteiger partial charge on any atom is -0.460 e. The van der Waals surface area contributed by atoms with Gasteiger partial charge in [0.1, 0.15) is 6.61 Å². The molecule has 0 N–H and O–H groups in total. The number of hydrogen-bond acceptors (Lipinski definition) is 2. The fraction of sp³-hybridized carbons (Fsp3) is 0.438. The van der Waals surface area contributed by atoms with Gasteiger partial charge in [0.2, 0.25) is 5.82 Å². The predicted molar refractivity (Wildman–Crippen MR) is 71.6 cm³/mol. The van der Waals surface area contributed by atoms with Crippen molar-refractivity contribution in [3.05, 3.63) is 46.8 Å². The molecule has 0 saturated heterocycles. The van der Waals surface area contributed by atoms with E-state index in [4.69, 9.17) is 4.74 Å². The summed E-state index contributed by atoms with van der Waals surface area (Å²) in [6.45, 7) is 4.41. The van der Waals surface area contributed by atoms with Crippen molar-refractivity contribution in [2.24, 2.45) is 17.3 Å². The number of esters is 1. The highest BCUT2D eigenvalue weighted by molar-refractivity contribution is 5.78. The zero-order valence-corrected chi connectivity index (χ0v) is 12.7. The third-order valence-electron chi connectivity index (χ3n) is 4.22. The Morgan fingerprint density at radius 3 is 2.00 bits per heavy atom. The van der Waals surface area contributed by atoms with Crippen molar-refractivity contribution in [1.29, 1.82) is 0 Å². The molecule has 2 nitrogen and oxygen atoms in total. The molecule has 2 unspecified atom stereocenters. The number of benzene rings is 1. The van der Waals surface area contributed by atoms with Crippen LogP contribution in [0.4, 0.5) is 22.0 Å². The number of ether oxygens (including phenoxy) is 1. The van der Waals surface area contributed by atoms with E-state index in [1.807, 2.05) is 19.9 Å². The van der Waals surface area contributed by atoms with Crippen LogP contribution in [0.5, 0.6) is 0 Å². The lowest BCUT2D eigenvalue weighted by Gasteiger charge is -2.09. The minimum absolute atomic E-state index is 0.0867. The summed E-state index contributed by atoms with van der Waals surface area (Å²) in [7, 11) is 0. The Morgan fingerprint density at radius 2 is 1.52 bits per heavy atom. The van der Waals surface area contributed by atoms with Gasteiger partial charge in [0.05, 0.1) is 11.5 Å². The number of allylic oxidation sites excluding steroid dienone is 2. The van der Waals surface area contributed by atoms with Gasteiger partial charge in [-0.05, 0) is 18.3 Å². The van der Waals surface area contributed by atoms with E-state index in [-0.39, 0.29) is 11.3 Å². The Kier molecular flexibility index (Phi) is 4.50. The molecule has 0 aromatic heterocycles. The van der Waals surface area contributed by atoms with Gasteiger partial charge in [-0.1, -0.05) is 26.0 Å². The van der Waals surface area contributed by atoms with E-state index in [0.29, 0.717) is 0 Å². The molecule has 0 aliphatic heterocycles. The summed E-state index contributed by atoms with van der Waals surface area (Å²) in [5.74, 6) is -11.7. The quantitative estimate of drug-likeness (QED) is 0.270. The maximum atomic E-state index is 13.5. The summed E-state index contributed by atoms with van der Waals surface area (Å²) in [5, 5.41) is 0. The maximum Gasteiger partial charge on any atom is 0.310 e. The molecule has 0 spiro atoms. The fourth-order valence-electron chi connectivity index (χ4n) is 2.70. The number of carbonyl (C=O) groups is 1. The van der Waals surface area contributed by atoms with Crippen molar-refractivity contribution in [3.8, 4) is 0 Å². The first kappa shape index (κ1) is 17.4. The van der Waals surface area contributed by atoms with Crippen molar-refractivity contribution >= 4 is 5.97 Å². The maximum absolute atomic E-state index is 13.5. The molecule has 0 amide bonds. The average molecular weight is 334 g/mol. The molecule has 1 aliphatic rings. The monoisotopic (exact) mass is 334 g/mol. The second-order valence-electron chi connectivity index (χ2n) is 6.01. The standard InChI is InChI=1S/C16H15F5O2/c1-4-5-8-9(16(8,2)3)15(22)23-6-7-10(17)12(19)14(21)13(20)11(7)18/h4-5,8-9H,6H2,1-3H3/b5-4+. The topological polar surface area (TPSA) is 26.3 Å². The Balaban J connectivity index is 2.15. The second-order valence-corrected chi connectivity index (χ2v) is 6.01. The Morgan fingerprint density at radius 1 is 1.04 bits per heavy atom. The zero-order chi connectivity index (χ0) is 17.5. The Bertz CT molecular complexity index is 653. The van der Waals surface area contributed by atoms with Crippen LogP contribution < -0.4 is 0 Å². The van der Waals surface area contributed by atoms with Gasteiger partial charge >= 0.3 is 5.97 Å². The van der Waals surface area contributed by atoms with Gasteiger partial charge in [-0.2, -0.15) is 0 Å². The molecule has 1 fully saturated rings. The molecule has 7 heteroatoms. The molecule has 1 saturated carbocycles. The molecule has 23 heavy (non-hydrogen) atoms. The molecule has 2 atom stereocenters. The van der Waals surface area contributed by atoms with Crippen molar-refractivity contribution in [3.63, 3.8) is 0 Å². The van der Waals surface area contributed by atoms with E-state index in [2.05, 4.69) is 0 Å². The van der Waals surface area contributed by atoms with Crippen LogP contribution in [0.2, 0.25) is 0 Å². The minimum atomic E-state index is -2.24. The van der Waals surface area contributed by atoms with Crippen molar-refractivity contribution in [1.82, 2.24) is 0 Å². The highest BCUT2D eigenvalue weighted by atomic mass is 19.2. The molecule has 0 bridgehead atoms. The summed E-state index contributed by atoms with van der Waals surface area (Å²) in [5.41, 5.74) is -1.53. The first-order chi connectivity index (χ1) is 10.6. The van der Waals surface area contributed by atoms with Crippen molar-refractivity contribution in [2.75, 3.05) is 0 Å². The third-order valence-corrected chi connectivity index (χ3v) is 4.22. The normalized spacial score (nSPS) is 22.4. The third kappa shape index (κ3) is 2.84. The largest absolute Gasteiger partial charge is 0.460 e. The molecule has 1 aliphatic carbocycles. The predicted octanol–water partition coefficient (Wildman–Crippen LogP) is 4.27. The van der Waals surface area contributed by atoms with Gasteiger partial charge in [0.15, 0.2) is 23.3 Å². The molecule has 1 aromatic rings. The summed E-state index contributed by atoms with van der Waals surface area (Å²) in [4.78, 5) is 12.0. The summed E-state index contributed by atoms with van der Waals surface area (Å²) in [6.07, 6.45) is 3.58. The van der Waals surface area contributed by atoms with Crippen LogP contribution in [0.3, 0.4) is 0 Å². The number of rotatable bonds is 4. The molecule has 0 heterocycles. The number of carbonyl (C=O) groups excluding carboxylic acids is 1. The molecule has 2 rings (SSSR count). The first-order valence-corrected chi connectivity index (χ1v) is 6.94. The Hall–Kier alpha value is -1.92. The van der Waals surface area contributed by atoms with Gasteiger partial charge in [0.25, 0.3) is 0 Å². The highest BCUT2D eigenvalue weighted by Crippen LogP contribution is 2.59. The fourth-order valence-corrected chi connectivity index (χ4v) is 2.70. The van der Waals surface area contributed by atoms with Crippen molar-refractivity contribution in [2.45, 2.75) is 27.4 Å². The van der Waals surface area contributed by atoms with Crippen LogP contribution in [0.25, 0.3) is 0 Å². The molecule has 0 radical (unpaired) electrons. The number of halogens is 5. The summed E-state index contributed by atoms with van der Waals surface area (Å²) in [6, 6.07) is 0. The highest BCUT2D eigenvalue weighted by Gasteiger charge is 2.61. The van der Waals surface area contributed by atoms with E-state index in [1.54, 1.807) is 13.0 Å². The van der Waals surface area contributed by atoms with Crippen LogP contribution in [0.15, 0.2) is 12.2 Å². The van der Waals surface area contributed by atoms with E-state index < -0.39 is 53.1 Å². The lowest BCUT2D eigenvalue weighted by atomic mass is 10.1. The SMILES string of the molecule is C/C=C/C1C(C(=O)OCc2c(F)c(F)c(F)c(F)c2F)C1(C)C. The number of hydrogen-bond donors (Lipinski definition) is 0. The summed E-state index contributed by atoms with van der Waals surface area (Å²) >= 11 is 0. The first-order valence-electron chi connectivity index (χ1n) is 6.94. The van der Waals surface area contributed by atoms with Gasteiger partial charge in [-0.3, -0.25) is 4.79 Å². The molecular formula is C16H15F5O2. The van der Waals surface area contributed by atoms with Gasteiger partial charge in [-0.25, -0.2) is 22.0 Å². The van der Waals surface area contributed by atoms with E-state index in [0.717, 1.165) is 0 Å². The Labute approximate surface area is 129 Å². The molecule has 1 aromatic carbocycles. The lowest BCUT2D eigenvalue weighted by Crippen LogP contribution is -2.14. The lowest BCUT2D eigenvalue weighted by molar-refractivity contribution is -0.147. The van der Waals surface area contributed by atoms with E-state index in [9.17, 15) is 26.7 Å². The van der Waals surface area contributed by atoms with E-state index >= 15 is 0 Å². The van der Waals surface area contributed by atoms with Crippen LogP contribution in [0, 0.1) is 46.3 Å². The average Bonchev–Trinajstić information content (AvgIpc) is 3.04. The van der Waals surface area contributed by atoms with Crippen molar-refractivity contribution < 1.29 is 31.5 Å². The van der Waals surface area contributed by atoms with Crippen LogP contribution in [-0.2, 0) is 16.1 Å². The molecular weight excluding hydrogens is 319 g/mol. The molecule has 126 valence electrons. The zero-order valence-electron chi connectivity index (χ0n) is 12.7. The van der Waals surface area contributed by atoms with Crippen LogP contribution >= 0.6 is 0 Å². The van der Waals surface area contributed by atoms with Gasteiger partial charge in [-0.15, -0.1) is 0 Å². The summed E-state index contributed by atoms with van der Waals surface area (Å²) < 4.78 is 70.8. The smallest absolute Gasteiger partial charge is 0.310 e. The van der Waals surface area contributed by atoms with Gasteiger partial charge < -0.3 is 4.74 Å². The van der Waals surface area contributed by atoms with Gasteiger partial charge in [0, 0.05) is 0 Å². The van der Waals surface area contributed by atoms with Crippen LogP contribution in [-0.4, -0.2) is 5.97 Å². The van der Waals surface area contributed by atoms with E-state index in [1.165, 1.54) is 0 Å².